The zero-order valence-electron chi connectivity index (χ0n) is 9.17. The van der Waals surface area contributed by atoms with Crippen LogP contribution < -0.4 is 0 Å². The molecule has 0 saturated heterocycles. The number of nitrogens with zero attached hydrogens (tertiary/aromatic N) is 3. The summed E-state index contributed by atoms with van der Waals surface area (Å²) < 4.78 is 0. The van der Waals surface area contributed by atoms with Crippen LogP contribution in [0.4, 0.5) is 0 Å². The van der Waals surface area contributed by atoms with Crippen LogP contribution in [-0.4, -0.2) is 15.2 Å². The van der Waals surface area contributed by atoms with E-state index < -0.39 is 0 Å². The van der Waals surface area contributed by atoms with Gasteiger partial charge in [0.1, 0.15) is 0 Å². The summed E-state index contributed by atoms with van der Waals surface area (Å²) in [4.78, 5) is 8.43. The smallest absolute Gasteiger partial charge is 0.187 e. The number of aromatic nitrogens is 2. The predicted octanol–water partition coefficient (Wildman–Crippen LogP) is 3.04. The Morgan fingerprint density at radius 1 is 1.19 bits per heavy atom. The Bertz CT molecular complexity index is 360. The van der Waals surface area contributed by atoms with Gasteiger partial charge in [-0.1, -0.05) is 31.0 Å². The molecule has 0 aromatic carbocycles. The third kappa shape index (κ3) is 2.96. The van der Waals surface area contributed by atoms with E-state index in [-0.39, 0.29) is 5.92 Å². The molecule has 84 valence electrons. The second kappa shape index (κ2) is 5.86. The normalized spacial score (nSPS) is 25.7. The summed E-state index contributed by atoms with van der Waals surface area (Å²) in [6, 6.07) is 4.26. The second-order valence-corrected chi connectivity index (χ2v) is 5.27. The second-order valence-electron chi connectivity index (χ2n) is 4.06. The maximum atomic E-state index is 9.16. The van der Waals surface area contributed by atoms with E-state index >= 15 is 0 Å². The molecule has 2 rings (SSSR count). The first-order valence-corrected chi connectivity index (χ1v) is 6.61. The highest BCUT2D eigenvalue weighted by Crippen LogP contribution is 2.34. The molecule has 1 aromatic rings. The number of nitriles is 1. The van der Waals surface area contributed by atoms with Crippen molar-refractivity contribution >= 4 is 11.8 Å². The van der Waals surface area contributed by atoms with Crippen LogP contribution in [0.25, 0.3) is 0 Å². The maximum absolute atomic E-state index is 9.16. The van der Waals surface area contributed by atoms with E-state index in [0.29, 0.717) is 5.25 Å². The molecular formula is C12H15N3S. The molecule has 1 fully saturated rings. The van der Waals surface area contributed by atoms with Gasteiger partial charge in [-0.05, 0) is 18.9 Å². The van der Waals surface area contributed by atoms with E-state index in [0.717, 1.165) is 18.0 Å². The fraction of sp³-hybridized carbons (Fsp3) is 0.583. The van der Waals surface area contributed by atoms with Crippen molar-refractivity contribution < 1.29 is 0 Å². The van der Waals surface area contributed by atoms with E-state index in [1.165, 1.54) is 19.3 Å². The highest BCUT2D eigenvalue weighted by Gasteiger charge is 2.25. The lowest BCUT2D eigenvalue weighted by atomic mass is 10.0. The van der Waals surface area contributed by atoms with Crippen molar-refractivity contribution in [2.75, 3.05) is 0 Å². The number of rotatable bonds is 2. The van der Waals surface area contributed by atoms with Crippen LogP contribution in [0.1, 0.15) is 32.1 Å². The summed E-state index contributed by atoms with van der Waals surface area (Å²) >= 11 is 1.67. The number of hydrogen-bond acceptors (Lipinski definition) is 4. The molecule has 1 aromatic heterocycles. The summed E-state index contributed by atoms with van der Waals surface area (Å²) in [5.41, 5.74) is 0. The first-order chi connectivity index (χ1) is 7.90. The van der Waals surface area contributed by atoms with Crippen LogP contribution in [0.5, 0.6) is 0 Å². The summed E-state index contributed by atoms with van der Waals surface area (Å²) in [7, 11) is 0. The van der Waals surface area contributed by atoms with Gasteiger partial charge in [0, 0.05) is 17.6 Å². The van der Waals surface area contributed by atoms with Crippen LogP contribution >= 0.6 is 11.8 Å². The summed E-state index contributed by atoms with van der Waals surface area (Å²) in [6.07, 6.45) is 9.32. The molecule has 1 saturated carbocycles. The lowest BCUT2D eigenvalue weighted by Crippen LogP contribution is -2.14. The molecule has 2 unspecified atom stereocenters. The third-order valence-electron chi connectivity index (χ3n) is 2.92. The monoisotopic (exact) mass is 233 g/mol. The minimum Gasteiger partial charge on any atom is -0.231 e. The van der Waals surface area contributed by atoms with Crippen molar-refractivity contribution in [3.8, 4) is 6.07 Å². The molecule has 0 radical (unpaired) electrons. The zero-order valence-corrected chi connectivity index (χ0v) is 9.99. The van der Waals surface area contributed by atoms with Gasteiger partial charge in [-0.25, -0.2) is 9.97 Å². The van der Waals surface area contributed by atoms with E-state index in [1.807, 2.05) is 6.07 Å². The minimum absolute atomic E-state index is 0.163. The van der Waals surface area contributed by atoms with Gasteiger partial charge in [-0.2, -0.15) is 5.26 Å². The molecule has 1 aliphatic carbocycles. The first kappa shape index (κ1) is 11.4. The molecule has 0 aliphatic heterocycles. The Kier molecular flexibility index (Phi) is 4.17. The summed E-state index contributed by atoms with van der Waals surface area (Å²) in [5.74, 6) is 0.163. The minimum atomic E-state index is 0.163. The molecule has 1 aliphatic rings. The van der Waals surface area contributed by atoms with E-state index in [2.05, 4.69) is 16.0 Å². The average Bonchev–Trinajstić information content (AvgIpc) is 2.55. The van der Waals surface area contributed by atoms with Crippen molar-refractivity contribution in [3.63, 3.8) is 0 Å². The van der Waals surface area contributed by atoms with Gasteiger partial charge in [0.2, 0.25) is 0 Å². The Hall–Kier alpha value is -1.08. The topological polar surface area (TPSA) is 49.6 Å². The summed E-state index contributed by atoms with van der Waals surface area (Å²) in [6.45, 7) is 0. The Labute approximate surface area is 100 Å². The summed E-state index contributed by atoms with van der Waals surface area (Å²) in [5, 5.41) is 10.3. The van der Waals surface area contributed by atoms with Gasteiger partial charge in [0.05, 0.1) is 12.0 Å². The van der Waals surface area contributed by atoms with E-state index in [9.17, 15) is 0 Å². The Morgan fingerprint density at radius 2 is 1.94 bits per heavy atom. The highest BCUT2D eigenvalue weighted by atomic mass is 32.2. The van der Waals surface area contributed by atoms with Gasteiger partial charge >= 0.3 is 0 Å². The van der Waals surface area contributed by atoms with Gasteiger partial charge in [0.25, 0.3) is 0 Å². The zero-order chi connectivity index (χ0) is 11.2. The molecular weight excluding hydrogens is 218 g/mol. The Morgan fingerprint density at radius 3 is 2.69 bits per heavy atom. The molecule has 0 bridgehead atoms. The fourth-order valence-electron chi connectivity index (χ4n) is 2.04. The van der Waals surface area contributed by atoms with Crippen molar-refractivity contribution in [1.82, 2.24) is 9.97 Å². The third-order valence-corrected chi connectivity index (χ3v) is 4.21. The molecule has 3 nitrogen and oxygen atoms in total. The van der Waals surface area contributed by atoms with Crippen molar-refractivity contribution in [2.45, 2.75) is 42.5 Å². The van der Waals surface area contributed by atoms with Crippen molar-refractivity contribution in [3.05, 3.63) is 18.5 Å². The van der Waals surface area contributed by atoms with Gasteiger partial charge in [-0.3, -0.25) is 0 Å². The van der Waals surface area contributed by atoms with Crippen LogP contribution in [0, 0.1) is 17.2 Å². The molecule has 4 heteroatoms. The maximum Gasteiger partial charge on any atom is 0.187 e. The first-order valence-electron chi connectivity index (χ1n) is 5.73. The largest absolute Gasteiger partial charge is 0.231 e. The van der Waals surface area contributed by atoms with E-state index in [1.54, 1.807) is 24.2 Å². The molecule has 1 heterocycles. The van der Waals surface area contributed by atoms with Crippen molar-refractivity contribution in [2.24, 2.45) is 5.92 Å². The lowest BCUT2D eigenvalue weighted by molar-refractivity contribution is 0.584. The van der Waals surface area contributed by atoms with Crippen LogP contribution in [0.15, 0.2) is 23.6 Å². The van der Waals surface area contributed by atoms with Crippen LogP contribution in [-0.2, 0) is 0 Å². The highest BCUT2D eigenvalue weighted by molar-refractivity contribution is 7.99. The molecule has 16 heavy (non-hydrogen) atoms. The van der Waals surface area contributed by atoms with Gasteiger partial charge in [-0.15, -0.1) is 0 Å². The molecule has 0 spiro atoms. The molecule has 0 N–H and O–H groups in total. The number of hydrogen-bond donors (Lipinski definition) is 0. The van der Waals surface area contributed by atoms with Gasteiger partial charge < -0.3 is 0 Å². The van der Waals surface area contributed by atoms with E-state index in [4.69, 9.17) is 5.26 Å². The molecule has 2 atom stereocenters. The lowest BCUT2D eigenvalue weighted by Gasteiger charge is -2.17. The van der Waals surface area contributed by atoms with Crippen LogP contribution in [0.3, 0.4) is 0 Å². The molecule has 0 amide bonds. The Balaban J connectivity index is 2.04. The quantitative estimate of drug-likeness (QED) is 0.582. The SMILES string of the molecule is N#CC1CCCCCC1Sc1ncccn1. The fourth-order valence-corrected chi connectivity index (χ4v) is 3.20. The van der Waals surface area contributed by atoms with Crippen molar-refractivity contribution in [1.29, 1.82) is 5.26 Å². The average molecular weight is 233 g/mol. The number of thioether (sulfide) groups is 1. The standard InChI is InChI=1S/C12H15N3S/c13-9-10-5-2-1-3-6-11(10)16-12-14-7-4-8-15-12/h4,7-8,10-11H,1-3,5-6H2. The predicted molar refractivity (Wildman–Crippen MR) is 63.9 cm³/mol. The van der Waals surface area contributed by atoms with Gasteiger partial charge in [0.15, 0.2) is 5.16 Å². The van der Waals surface area contributed by atoms with Crippen LogP contribution in [0.2, 0.25) is 0 Å².